The molecule has 4 rings (SSSR count). The molecule has 5 nitrogen and oxygen atoms in total. The van der Waals surface area contributed by atoms with Crippen molar-refractivity contribution in [2.75, 3.05) is 12.3 Å². The van der Waals surface area contributed by atoms with Crippen LogP contribution in [-0.2, 0) is 17.6 Å². The number of nitrogens with two attached hydrogens (primary N) is 1. The minimum atomic E-state index is 0.447. The average Bonchev–Trinajstić information content (AvgIpc) is 3.34. The molecule has 2 aromatic heterocycles. The van der Waals surface area contributed by atoms with E-state index in [1.807, 2.05) is 18.2 Å². The Labute approximate surface area is 153 Å². The van der Waals surface area contributed by atoms with Gasteiger partial charge in [0.1, 0.15) is 5.82 Å². The first-order chi connectivity index (χ1) is 12.8. The van der Waals surface area contributed by atoms with Crippen LogP contribution in [0.3, 0.4) is 0 Å². The molecule has 3 aromatic rings. The van der Waals surface area contributed by atoms with Gasteiger partial charge in [0.2, 0.25) is 0 Å². The van der Waals surface area contributed by atoms with Gasteiger partial charge in [-0.25, -0.2) is 4.98 Å². The smallest absolute Gasteiger partial charge is 0.170 e. The molecule has 0 saturated carbocycles. The summed E-state index contributed by atoms with van der Waals surface area (Å²) >= 11 is 0. The van der Waals surface area contributed by atoms with Crippen molar-refractivity contribution < 1.29 is 9.26 Å². The van der Waals surface area contributed by atoms with Crippen LogP contribution in [0.5, 0.6) is 0 Å². The van der Waals surface area contributed by atoms with Crippen LogP contribution in [0.15, 0.2) is 53.2 Å². The normalized spacial score (nSPS) is 16.8. The van der Waals surface area contributed by atoms with Crippen LogP contribution in [0.1, 0.15) is 36.1 Å². The van der Waals surface area contributed by atoms with E-state index in [-0.39, 0.29) is 0 Å². The Kier molecular flexibility index (Phi) is 4.97. The number of hydrogen-bond donors (Lipinski definition) is 1. The third kappa shape index (κ3) is 3.94. The van der Waals surface area contributed by atoms with Crippen LogP contribution in [0.2, 0.25) is 0 Å². The van der Waals surface area contributed by atoms with Crippen molar-refractivity contribution in [2.45, 2.75) is 38.2 Å². The van der Waals surface area contributed by atoms with E-state index in [1.54, 1.807) is 6.20 Å². The topological polar surface area (TPSA) is 74.2 Å². The number of rotatable bonds is 6. The summed E-state index contributed by atoms with van der Waals surface area (Å²) in [7, 11) is 0. The van der Waals surface area contributed by atoms with Crippen LogP contribution in [0.4, 0.5) is 5.82 Å². The van der Waals surface area contributed by atoms with Crippen molar-refractivity contribution in [1.29, 1.82) is 0 Å². The fourth-order valence-corrected chi connectivity index (χ4v) is 3.38. The minimum absolute atomic E-state index is 0.447. The lowest BCUT2D eigenvalue weighted by Crippen LogP contribution is -2.06. The van der Waals surface area contributed by atoms with Gasteiger partial charge in [-0.3, -0.25) is 0 Å². The van der Waals surface area contributed by atoms with Crippen molar-refractivity contribution in [3.8, 4) is 11.3 Å². The lowest BCUT2D eigenvalue weighted by molar-refractivity contribution is 0.104. The maximum absolute atomic E-state index is 5.90. The summed E-state index contributed by atoms with van der Waals surface area (Å²) in [6.45, 7) is 0.925. The predicted molar refractivity (Wildman–Crippen MR) is 101 cm³/mol. The molecule has 1 fully saturated rings. The molecule has 26 heavy (non-hydrogen) atoms. The summed E-state index contributed by atoms with van der Waals surface area (Å²) in [5.41, 5.74) is 10.1. The van der Waals surface area contributed by atoms with E-state index in [1.165, 1.54) is 24.0 Å². The fourth-order valence-electron chi connectivity index (χ4n) is 3.38. The van der Waals surface area contributed by atoms with Crippen molar-refractivity contribution in [3.63, 3.8) is 0 Å². The van der Waals surface area contributed by atoms with Crippen molar-refractivity contribution in [3.05, 3.63) is 65.5 Å². The molecule has 0 amide bonds. The second-order valence-corrected chi connectivity index (χ2v) is 6.79. The summed E-state index contributed by atoms with van der Waals surface area (Å²) in [4.78, 5) is 4.09. The van der Waals surface area contributed by atoms with E-state index in [4.69, 9.17) is 15.0 Å². The lowest BCUT2D eigenvalue weighted by atomic mass is 10.0. The third-order valence-corrected chi connectivity index (χ3v) is 4.85. The first-order valence-electron chi connectivity index (χ1n) is 9.14. The van der Waals surface area contributed by atoms with Gasteiger partial charge in [-0.05, 0) is 48.9 Å². The number of anilines is 1. The van der Waals surface area contributed by atoms with Gasteiger partial charge in [-0.2, -0.15) is 0 Å². The number of aryl methyl sites for hydroxylation is 1. The first kappa shape index (κ1) is 16.8. The SMILES string of the molecule is Nc1ncccc1-c1cc(Cc2ccc(CCC3CCCO3)cc2)no1. The number of nitrogen functional groups attached to an aromatic ring is 1. The Morgan fingerprint density at radius 2 is 1.96 bits per heavy atom. The molecule has 0 spiro atoms. The molecule has 134 valence electrons. The molecule has 2 N–H and O–H groups in total. The fraction of sp³-hybridized carbons (Fsp3) is 0.333. The second kappa shape index (κ2) is 7.70. The molecule has 1 aromatic carbocycles. The highest BCUT2D eigenvalue weighted by atomic mass is 16.5. The van der Waals surface area contributed by atoms with Gasteiger partial charge in [-0.15, -0.1) is 0 Å². The monoisotopic (exact) mass is 349 g/mol. The number of hydrogen-bond acceptors (Lipinski definition) is 5. The molecule has 3 heterocycles. The molecule has 1 aliphatic rings. The number of nitrogens with zero attached hydrogens (tertiary/aromatic N) is 2. The van der Waals surface area contributed by atoms with E-state index in [2.05, 4.69) is 34.4 Å². The summed E-state index contributed by atoms with van der Waals surface area (Å²) in [5, 5.41) is 4.17. The summed E-state index contributed by atoms with van der Waals surface area (Å²) in [5.74, 6) is 1.10. The molecule has 0 bridgehead atoms. The third-order valence-electron chi connectivity index (χ3n) is 4.85. The van der Waals surface area contributed by atoms with Gasteiger partial charge in [0, 0.05) is 25.3 Å². The van der Waals surface area contributed by atoms with E-state index < -0.39 is 0 Å². The van der Waals surface area contributed by atoms with Crippen molar-refractivity contribution in [1.82, 2.24) is 10.1 Å². The van der Waals surface area contributed by atoms with Gasteiger partial charge >= 0.3 is 0 Å². The average molecular weight is 349 g/mol. The van der Waals surface area contributed by atoms with Crippen molar-refractivity contribution >= 4 is 5.82 Å². The zero-order valence-corrected chi connectivity index (χ0v) is 14.7. The Bertz CT molecular complexity index is 852. The van der Waals surface area contributed by atoms with Gasteiger partial charge in [-0.1, -0.05) is 29.4 Å². The van der Waals surface area contributed by atoms with Crippen LogP contribution in [-0.4, -0.2) is 22.9 Å². The quantitative estimate of drug-likeness (QED) is 0.727. The highest BCUT2D eigenvalue weighted by Crippen LogP contribution is 2.25. The highest BCUT2D eigenvalue weighted by Gasteiger charge is 2.15. The van der Waals surface area contributed by atoms with Crippen LogP contribution in [0.25, 0.3) is 11.3 Å². The highest BCUT2D eigenvalue weighted by molar-refractivity contribution is 5.69. The van der Waals surface area contributed by atoms with Gasteiger partial charge < -0.3 is 15.0 Å². The molecular weight excluding hydrogens is 326 g/mol. The molecule has 0 radical (unpaired) electrons. The van der Waals surface area contributed by atoms with E-state index in [0.29, 0.717) is 17.7 Å². The van der Waals surface area contributed by atoms with Crippen molar-refractivity contribution in [2.24, 2.45) is 0 Å². The number of benzene rings is 1. The van der Waals surface area contributed by atoms with E-state index in [0.717, 1.165) is 37.1 Å². The van der Waals surface area contributed by atoms with Gasteiger partial charge in [0.05, 0.1) is 17.4 Å². The van der Waals surface area contributed by atoms with Gasteiger partial charge in [0.15, 0.2) is 5.76 Å². The summed E-state index contributed by atoms with van der Waals surface area (Å²) in [6, 6.07) is 14.4. The molecule has 1 unspecified atom stereocenters. The maximum Gasteiger partial charge on any atom is 0.170 e. The zero-order chi connectivity index (χ0) is 17.8. The zero-order valence-electron chi connectivity index (χ0n) is 14.7. The largest absolute Gasteiger partial charge is 0.383 e. The van der Waals surface area contributed by atoms with Crippen LogP contribution < -0.4 is 5.73 Å². The molecular formula is C21H23N3O2. The Morgan fingerprint density at radius 1 is 1.12 bits per heavy atom. The molecule has 1 saturated heterocycles. The van der Waals surface area contributed by atoms with Gasteiger partial charge in [0.25, 0.3) is 0 Å². The lowest BCUT2D eigenvalue weighted by Gasteiger charge is -2.09. The predicted octanol–water partition coefficient (Wildman–Crippen LogP) is 4.02. The van der Waals surface area contributed by atoms with Crippen LogP contribution in [0, 0.1) is 0 Å². The minimum Gasteiger partial charge on any atom is -0.383 e. The first-order valence-corrected chi connectivity index (χ1v) is 9.14. The maximum atomic E-state index is 5.90. The summed E-state index contributed by atoms with van der Waals surface area (Å²) < 4.78 is 11.1. The molecule has 5 heteroatoms. The second-order valence-electron chi connectivity index (χ2n) is 6.79. The number of pyridine rings is 1. The van der Waals surface area contributed by atoms with E-state index >= 15 is 0 Å². The molecule has 1 atom stereocenters. The van der Waals surface area contributed by atoms with Crippen LogP contribution >= 0.6 is 0 Å². The molecule has 1 aliphatic heterocycles. The Morgan fingerprint density at radius 3 is 2.73 bits per heavy atom. The van der Waals surface area contributed by atoms with E-state index in [9.17, 15) is 0 Å². The Balaban J connectivity index is 1.37. The molecule has 0 aliphatic carbocycles. The number of aromatic nitrogens is 2. The standard InChI is InChI=1S/C21H23N3O2/c22-21-19(4-1-11-23-21)20-14-17(24-26-20)13-16-7-5-15(6-8-16)9-10-18-3-2-12-25-18/h1,4-8,11,14,18H,2-3,9-10,12-13H2,(H2,22,23). The Hall–Kier alpha value is -2.66. The number of ether oxygens (including phenoxy) is 1. The summed E-state index contributed by atoms with van der Waals surface area (Å²) in [6.07, 6.45) is 7.43.